The van der Waals surface area contributed by atoms with E-state index in [1.54, 1.807) is 0 Å². The molecule has 1 heterocycles. The van der Waals surface area contributed by atoms with Gasteiger partial charge < -0.3 is 15.4 Å². The molecule has 0 aliphatic heterocycles. The van der Waals surface area contributed by atoms with E-state index in [-0.39, 0.29) is 11.1 Å². The summed E-state index contributed by atoms with van der Waals surface area (Å²) in [7, 11) is 1.54. The molecule has 5 nitrogen and oxygen atoms in total. The lowest BCUT2D eigenvalue weighted by molar-refractivity contribution is -0.138. The first-order valence-corrected chi connectivity index (χ1v) is 4.12. The summed E-state index contributed by atoms with van der Waals surface area (Å²) in [6, 6.07) is 1.40. The van der Waals surface area contributed by atoms with E-state index in [2.05, 4.69) is 0 Å². The normalized spacial score (nSPS) is 12.4. The second-order valence-electron chi connectivity index (χ2n) is 3.20. The van der Waals surface area contributed by atoms with E-state index in [4.69, 9.17) is 10.8 Å². The van der Waals surface area contributed by atoms with Crippen LogP contribution in [-0.4, -0.2) is 15.6 Å². The van der Waals surface area contributed by atoms with Gasteiger partial charge in [0.2, 0.25) is 0 Å². The number of aliphatic carboxylic acids is 1. The Labute approximate surface area is 80.8 Å². The van der Waals surface area contributed by atoms with Gasteiger partial charge in [0.25, 0.3) is 5.56 Å². The van der Waals surface area contributed by atoms with Crippen molar-refractivity contribution in [1.82, 2.24) is 4.57 Å². The average molecular weight is 196 g/mol. The molecule has 3 N–H and O–H groups in total. The highest BCUT2D eigenvalue weighted by Crippen LogP contribution is 2.13. The van der Waals surface area contributed by atoms with E-state index in [0.717, 1.165) is 0 Å². The third kappa shape index (κ3) is 1.76. The first kappa shape index (κ1) is 10.3. The molecule has 76 valence electrons. The van der Waals surface area contributed by atoms with E-state index in [0.29, 0.717) is 5.69 Å². The Morgan fingerprint density at radius 1 is 1.64 bits per heavy atom. The Morgan fingerprint density at radius 2 is 2.21 bits per heavy atom. The number of hydrogen-bond acceptors (Lipinski definition) is 3. The van der Waals surface area contributed by atoms with Gasteiger partial charge in [-0.25, -0.2) is 0 Å². The summed E-state index contributed by atoms with van der Waals surface area (Å²) < 4.78 is 1.28. The Kier molecular flexibility index (Phi) is 2.60. The highest BCUT2D eigenvalue weighted by Gasteiger charge is 2.18. The molecule has 0 aliphatic carbocycles. The van der Waals surface area contributed by atoms with Gasteiger partial charge in [0.05, 0.1) is 5.92 Å². The molecule has 0 radical (unpaired) electrons. The third-order valence-electron chi connectivity index (χ3n) is 2.07. The summed E-state index contributed by atoms with van der Waals surface area (Å²) in [5.41, 5.74) is 5.78. The minimum absolute atomic E-state index is 0.208. The number of aryl methyl sites for hydroxylation is 1. The van der Waals surface area contributed by atoms with Crippen molar-refractivity contribution in [2.75, 3.05) is 5.73 Å². The molecule has 1 rings (SSSR count). The SMILES string of the molecule is CC(C(=O)O)c1cc(N)cn(C)c1=O. The van der Waals surface area contributed by atoms with Crippen molar-refractivity contribution in [2.45, 2.75) is 12.8 Å². The van der Waals surface area contributed by atoms with Gasteiger partial charge in [-0.3, -0.25) is 9.59 Å². The van der Waals surface area contributed by atoms with Crippen molar-refractivity contribution < 1.29 is 9.90 Å². The van der Waals surface area contributed by atoms with Gasteiger partial charge >= 0.3 is 5.97 Å². The number of carbonyl (C=O) groups is 1. The van der Waals surface area contributed by atoms with Crippen LogP contribution in [-0.2, 0) is 11.8 Å². The number of nitrogens with zero attached hydrogens (tertiary/aromatic N) is 1. The molecule has 0 saturated heterocycles. The Bertz CT molecular complexity index is 423. The fourth-order valence-corrected chi connectivity index (χ4v) is 1.21. The van der Waals surface area contributed by atoms with Crippen molar-refractivity contribution in [3.8, 4) is 0 Å². The zero-order valence-corrected chi connectivity index (χ0v) is 8.02. The quantitative estimate of drug-likeness (QED) is 0.705. The molecule has 1 unspecified atom stereocenters. The van der Waals surface area contributed by atoms with Gasteiger partial charge in [-0.05, 0) is 13.0 Å². The van der Waals surface area contributed by atoms with E-state index >= 15 is 0 Å². The second-order valence-corrected chi connectivity index (χ2v) is 3.20. The summed E-state index contributed by atoms with van der Waals surface area (Å²) in [5, 5.41) is 8.75. The summed E-state index contributed by atoms with van der Waals surface area (Å²) >= 11 is 0. The van der Waals surface area contributed by atoms with E-state index in [1.165, 1.54) is 30.8 Å². The molecule has 1 aromatic heterocycles. The number of aromatic nitrogens is 1. The van der Waals surface area contributed by atoms with Crippen LogP contribution in [0.3, 0.4) is 0 Å². The van der Waals surface area contributed by atoms with Gasteiger partial charge in [-0.2, -0.15) is 0 Å². The number of carboxylic acid groups (broad SMARTS) is 1. The fourth-order valence-electron chi connectivity index (χ4n) is 1.21. The third-order valence-corrected chi connectivity index (χ3v) is 2.07. The molecule has 1 atom stereocenters. The lowest BCUT2D eigenvalue weighted by atomic mass is 10.0. The van der Waals surface area contributed by atoms with Crippen LogP contribution in [0.4, 0.5) is 5.69 Å². The summed E-state index contributed by atoms with van der Waals surface area (Å²) in [6.45, 7) is 1.46. The molecule has 0 aliphatic rings. The molecular weight excluding hydrogens is 184 g/mol. The largest absolute Gasteiger partial charge is 0.481 e. The van der Waals surface area contributed by atoms with Crippen molar-refractivity contribution in [1.29, 1.82) is 0 Å². The maximum atomic E-state index is 11.5. The number of nitrogens with two attached hydrogens (primary N) is 1. The maximum Gasteiger partial charge on any atom is 0.310 e. The molecule has 0 aromatic carbocycles. The second kappa shape index (κ2) is 3.53. The van der Waals surface area contributed by atoms with Crippen molar-refractivity contribution >= 4 is 11.7 Å². The van der Waals surface area contributed by atoms with E-state index in [9.17, 15) is 9.59 Å². The van der Waals surface area contributed by atoms with Gasteiger partial charge in [0.1, 0.15) is 0 Å². The smallest absolute Gasteiger partial charge is 0.310 e. The van der Waals surface area contributed by atoms with E-state index in [1.807, 2.05) is 0 Å². The highest BCUT2D eigenvalue weighted by molar-refractivity contribution is 5.75. The predicted molar refractivity (Wildman–Crippen MR) is 52.1 cm³/mol. The first-order valence-electron chi connectivity index (χ1n) is 4.12. The van der Waals surface area contributed by atoms with Crippen LogP contribution in [0.2, 0.25) is 0 Å². The fraction of sp³-hybridized carbons (Fsp3) is 0.333. The summed E-state index contributed by atoms with van der Waals surface area (Å²) in [6.07, 6.45) is 1.46. The molecule has 0 bridgehead atoms. The Morgan fingerprint density at radius 3 is 2.71 bits per heavy atom. The van der Waals surface area contributed by atoms with Gasteiger partial charge in [-0.15, -0.1) is 0 Å². The van der Waals surface area contributed by atoms with Gasteiger partial charge in [0.15, 0.2) is 0 Å². The van der Waals surface area contributed by atoms with Crippen LogP contribution in [0.15, 0.2) is 17.1 Å². The molecule has 0 fully saturated rings. The predicted octanol–water partition coefficient (Wildman–Crippen LogP) is 0.156. The molecule has 0 spiro atoms. The maximum absolute atomic E-state index is 11.5. The Hall–Kier alpha value is -1.78. The molecule has 0 amide bonds. The van der Waals surface area contributed by atoms with Crippen LogP contribution in [0.5, 0.6) is 0 Å². The van der Waals surface area contributed by atoms with Crippen LogP contribution in [0.1, 0.15) is 18.4 Å². The van der Waals surface area contributed by atoms with Gasteiger partial charge in [0, 0.05) is 24.5 Å². The zero-order chi connectivity index (χ0) is 10.9. The standard InChI is InChI=1S/C9H12N2O3/c1-5(9(13)14)7-3-6(10)4-11(2)8(7)12/h3-5H,10H2,1-2H3,(H,13,14). The van der Waals surface area contributed by atoms with Crippen molar-refractivity contribution in [3.05, 3.63) is 28.2 Å². The number of pyridine rings is 1. The van der Waals surface area contributed by atoms with Crippen LogP contribution >= 0.6 is 0 Å². The number of anilines is 1. The van der Waals surface area contributed by atoms with Gasteiger partial charge in [-0.1, -0.05) is 0 Å². The summed E-state index contributed by atoms with van der Waals surface area (Å²) in [4.78, 5) is 22.2. The number of rotatable bonds is 2. The molecule has 1 aromatic rings. The molecule has 5 heteroatoms. The minimum Gasteiger partial charge on any atom is -0.481 e. The molecule has 14 heavy (non-hydrogen) atoms. The number of nitrogen functional groups attached to an aromatic ring is 1. The van der Waals surface area contributed by atoms with Crippen molar-refractivity contribution in [2.24, 2.45) is 7.05 Å². The topological polar surface area (TPSA) is 85.3 Å². The number of carboxylic acids is 1. The zero-order valence-electron chi connectivity index (χ0n) is 8.02. The first-order chi connectivity index (χ1) is 6.43. The van der Waals surface area contributed by atoms with Crippen LogP contribution in [0, 0.1) is 0 Å². The monoisotopic (exact) mass is 196 g/mol. The van der Waals surface area contributed by atoms with E-state index < -0.39 is 11.9 Å². The molecular formula is C9H12N2O3. The molecule has 0 saturated carbocycles. The highest BCUT2D eigenvalue weighted by atomic mass is 16.4. The lowest BCUT2D eigenvalue weighted by Gasteiger charge is -2.08. The summed E-state index contributed by atoms with van der Waals surface area (Å²) in [5.74, 6) is -1.87. The average Bonchev–Trinajstić information content (AvgIpc) is 2.09. The Balaban J connectivity index is 3.34. The van der Waals surface area contributed by atoms with Crippen molar-refractivity contribution in [3.63, 3.8) is 0 Å². The lowest BCUT2D eigenvalue weighted by Crippen LogP contribution is -2.25. The van der Waals surface area contributed by atoms with Crippen LogP contribution < -0.4 is 11.3 Å². The minimum atomic E-state index is -1.03. The van der Waals surface area contributed by atoms with Crippen LogP contribution in [0.25, 0.3) is 0 Å². The number of hydrogen-bond donors (Lipinski definition) is 2.